The van der Waals surface area contributed by atoms with Crippen molar-refractivity contribution in [2.75, 3.05) is 32.7 Å². The molecule has 2 aliphatic heterocycles. The highest BCUT2D eigenvalue weighted by Gasteiger charge is 2.35. The lowest BCUT2D eigenvalue weighted by Gasteiger charge is -2.37. The van der Waals surface area contributed by atoms with E-state index in [4.69, 9.17) is 0 Å². The fourth-order valence-corrected chi connectivity index (χ4v) is 3.63. The second kappa shape index (κ2) is 5.85. The van der Waals surface area contributed by atoms with Gasteiger partial charge in [0.15, 0.2) is 5.69 Å². The quantitative estimate of drug-likeness (QED) is 0.930. The number of piperidine rings is 1. The average molecular weight is 316 g/mol. The molecule has 0 aliphatic carbocycles. The van der Waals surface area contributed by atoms with Crippen molar-refractivity contribution in [1.29, 1.82) is 0 Å². The van der Waals surface area contributed by atoms with Crippen LogP contribution in [0.3, 0.4) is 0 Å². The molecule has 2 fully saturated rings. The van der Waals surface area contributed by atoms with Crippen molar-refractivity contribution in [1.82, 2.24) is 20.0 Å². The second-order valence-corrected chi connectivity index (χ2v) is 6.95. The Hall–Kier alpha value is -1.08. The number of likely N-dealkylation sites (tertiary alicyclic amines) is 1. The molecule has 3 heterocycles. The highest BCUT2D eigenvalue weighted by Crippen LogP contribution is 2.31. The number of hydrogen-bond donors (Lipinski definition) is 1. The van der Waals surface area contributed by atoms with Gasteiger partial charge in [-0.15, -0.1) is 0 Å². The number of aromatic nitrogens is 2. The van der Waals surface area contributed by atoms with Gasteiger partial charge < -0.3 is 10.2 Å². The fraction of sp³-hybridized carbons (Fsp3) is 0.800. The third-order valence-corrected chi connectivity index (χ3v) is 4.82. The lowest BCUT2D eigenvalue weighted by molar-refractivity contribution is -0.141. The number of halogens is 3. The van der Waals surface area contributed by atoms with Crippen LogP contribution in [-0.4, -0.2) is 47.4 Å². The molecule has 4 nitrogen and oxygen atoms in total. The van der Waals surface area contributed by atoms with Gasteiger partial charge in [-0.25, -0.2) is 0 Å². The van der Waals surface area contributed by atoms with Crippen LogP contribution in [0, 0.1) is 5.41 Å². The van der Waals surface area contributed by atoms with Crippen molar-refractivity contribution in [3.8, 4) is 0 Å². The highest BCUT2D eigenvalue weighted by atomic mass is 19.4. The molecular formula is C15H23F3N4. The van der Waals surface area contributed by atoms with E-state index in [0.29, 0.717) is 0 Å². The maximum atomic E-state index is 12.7. The summed E-state index contributed by atoms with van der Waals surface area (Å²) in [7, 11) is 0. The molecule has 1 N–H and O–H groups in total. The summed E-state index contributed by atoms with van der Waals surface area (Å²) in [5.74, 6) is 0. The van der Waals surface area contributed by atoms with Gasteiger partial charge in [0.05, 0.1) is 6.04 Å². The highest BCUT2D eigenvalue weighted by molar-refractivity contribution is 5.04. The van der Waals surface area contributed by atoms with E-state index in [1.165, 1.54) is 10.9 Å². The largest absolute Gasteiger partial charge is 0.435 e. The van der Waals surface area contributed by atoms with Crippen molar-refractivity contribution in [3.63, 3.8) is 0 Å². The fourth-order valence-electron chi connectivity index (χ4n) is 3.63. The summed E-state index contributed by atoms with van der Waals surface area (Å²) in [6, 6.07) is 1.11. The predicted molar refractivity (Wildman–Crippen MR) is 77.5 cm³/mol. The van der Waals surface area contributed by atoms with Crippen LogP contribution in [0.15, 0.2) is 12.3 Å². The van der Waals surface area contributed by atoms with Gasteiger partial charge in [0.2, 0.25) is 0 Å². The number of alkyl halides is 3. The van der Waals surface area contributed by atoms with Gasteiger partial charge in [-0.3, -0.25) is 4.68 Å². The van der Waals surface area contributed by atoms with Crippen molar-refractivity contribution in [3.05, 3.63) is 18.0 Å². The molecular weight excluding hydrogens is 293 g/mol. The Morgan fingerprint density at radius 3 is 2.91 bits per heavy atom. The van der Waals surface area contributed by atoms with Crippen LogP contribution in [0.25, 0.3) is 0 Å². The minimum atomic E-state index is -4.36. The van der Waals surface area contributed by atoms with Gasteiger partial charge in [-0.1, -0.05) is 6.92 Å². The minimum Gasteiger partial charge on any atom is -0.316 e. The smallest absolute Gasteiger partial charge is 0.316 e. The minimum absolute atomic E-state index is 0.0443. The van der Waals surface area contributed by atoms with Crippen molar-refractivity contribution in [2.45, 2.75) is 38.4 Å². The molecule has 2 aliphatic rings. The van der Waals surface area contributed by atoms with Gasteiger partial charge in [0.25, 0.3) is 0 Å². The molecule has 1 aromatic rings. The van der Waals surface area contributed by atoms with Gasteiger partial charge in [0.1, 0.15) is 0 Å². The van der Waals surface area contributed by atoms with Gasteiger partial charge in [0, 0.05) is 25.8 Å². The maximum absolute atomic E-state index is 12.7. The molecule has 0 amide bonds. The van der Waals surface area contributed by atoms with E-state index in [-0.39, 0.29) is 11.5 Å². The summed E-state index contributed by atoms with van der Waals surface area (Å²) in [4.78, 5) is 2.39. The molecule has 2 unspecified atom stereocenters. The molecule has 0 saturated carbocycles. The van der Waals surface area contributed by atoms with Gasteiger partial charge in [-0.05, 0) is 43.8 Å². The third kappa shape index (κ3) is 3.46. The van der Waals surface area contributed by atoms with E-state index in [9.17, 15) is 13.2 Å². The van der Waals surface area contributed by atoms with Crippen LogP contribution in [0.2, 0.25) is 0 Å². The van der Waals surface area contributed by atoms with Gasteiger partial charge in [-0.2, -0.15) is 18.3 Å². The van der Waals surface area contributed by atoms with Crippen LogP contribution in [0.5, 0.6) is 0 Å². The van der Waals surface area contributed by atoms with Crippen LogP contribution < -0.4 is 5.32 Å². The van der Waals surface area contributed by atoms with Crippen LogP contribution in [0.4, 0.5) is 13.2 Å². The number of hydrogen-bond acceptors (Lipinski definition) is 3. The Morgan fingerprint density at radius 1 is 1.45 bits per heavy atom. The first-order chi connectivity index (χ1) is 10.4. The second-order valence-electron chi connectivity index (χ2n) is 6.95. The summed E-state index contributed by atoms with van der Waals surface area (Å²) < 4.78 is 39.5. The molecule has 3 rings (SSSR count). The molecule has 1 aromatic heterocycles. The van der Waals surface area contributed by atoms with Crippen molar-refractivity contribution in [2.24, 2.45) is 5.41 Å². The summed E-state index contributed by atoms with van der Waals surface area (Å²) >= 11 is 0. The molecule has 7 heteroatoms. The van der Waals surface area contributed by atoms with Crippen molar-refractivity contribution >= 4 is 0 Å². The Morgan fingerprint density at radius 2 is 2.27 bits per heavy atom. The predicted octanol–water partition coefficient (Wildman–Crippen LogP) is 2.54. The summed E-state index contributed by atoms with van der Waals surface area (Å²) in [5.41, 5.74) is -0.514. The first-order valence-electron chi connectivity index (χ1n) is 7.91. The average Bonchev–Trinajstić information content (AvgIpc) is 3.07. The van der Waals surface area contributed by atoms with Crippen LogP contribution in [0.1, 0.15) is 37.9 Å². The Kier molecular flexibility index (Phi) is 4.20. The summed E-state index contributed by atoms with van der Waals surface area (Å²) in [6.07, 6.45) is 0.173. The lowest BCUT2D eigenvalue weighted by atomic mass is 9.88. The Bertz CT molecular complexity index is 505. The first kappa shape index (κ1) is 15.8. The monoisotopic (exact) mass is 316 g/mol. The normalized spacial score (nSPS) is 30.8. The van der Waals surface area contributed by atoms with Gasteiger partial charge >= 0.3 is 6.18 Å². The molecule has 0 aromatic carbocycles. The molecule has 22 heavy (non-hydrogen) atoms. The molecule has 0 bridgehead atoms. The maximum Gasteiger partial charge on any atom is 0.435 e. The van der Waals surface area contributed by atoms with Crippen LogP contribution in [-0.2, 0) is 6.18 Å². The SMILES string of the molecule is CC1(CN2CCCC(n3ccc(C(F)(F)F)n3)C2)CCNC1. The van der Waals surface area contributed by atoms with E-state index in [1.807, 2.05) is 0 Å². The first-order valence-corrected chi connectivity index (χ1v) is 7.91. The molecule has 0 radical (unpaired) electrons. The molecule has 2 saturated heterocycles. The summed E-state index contributed by atoms with van der Waals surface area (Å²) in [6.45, 7) is 7.18. The standard InChI is InChI=1S/C15H23F3N4/c1-14(5-6-19-10-14)11-21-7-2-3-12(9-21)22-8-4-13(20-22)15(16,17)18/h4,8,12,19H,2-3,5-7,9-11H2,1H3. The zero-order valence-electron chi connectivity index (χ0n) is 12.9. The van der Waals surface area contributed by atoms with E-state index in [0.717, 1.165) is 58.1 Å². The zero-order chi connectivity index (χ0) is 15.8. The van der Waals surface area contributed by atoms with Crippen LogP contribution >= 0.6 is 0 Å². The van der Waals surface area contributed by atoms with Crippen molar-refractivity contribution < 1.29 is 13.2 Å². The third-order valence-electron chi connectivity index (χ3n) is 4.82. The number of nitrogens with zero attached hydrogens (tertiary/aromatic N) is 3. The Balaban J connectivity index is 1.64. The molecule has 2 atom stereocenters. The number of nitrogens with one attached hydrogen (secondary N) is 1. The van der Waals surface area contributed by atoms with E-state index < -0.39 is 11.9 Å². The lowest BCUT2D eigenvalue weighted by Crippen LogP contribution is -2.43. The summed E-state index contributed by atoms with van der Waals surface area (Å²) in [5, 5.41) is 7.14. The van der Waals surface area contributed by atoms with E-state index in [2.05, 4.69) is 22.2 Å². The molecule has 0 spiro atoms. The zero-order valence-corrected chi connectivity index (χ0v) is 12.9. The Labute approximate surface area is 128 Å². The van der Waals surface area contributed by atoms with E-state index >= 15 is 0 Å². The topological polar surface area (TPSA) is 33.1 Å². The van der Waals surface area contributed by atoms with E-state index in [1.54, 1.807) is 0 Å². The number of rotatable bonds is 3. The molecule has 124 valence electrons.